The first-order valence-corrected chi connectivity index (χ1v) is 6.63. The van der Waals surface area contributed by atoms with Crippen molar-refractivity contribution in [2.45, 2.75) is 24.6 Å². The van der Waals surface area contributed by atoms with Crippen molar-refractivity contribution in [2.75, 3.05) is 12.3 Å². The maximum atomic E-state index is 4.23. The summed E-state index contributed by atoms with van der Waals surface area (Å²) in [6, 6.07) is 0. The maximum Gasteiger partial charge on any atom is 0.0795 e. The Hall–Kier alpha value is -0.0600. The number of aromatic nitrogens is 1. The molecule has 1 aliphatic heterocycles. The van der Waals surface area contributed by atoms with Crippen LogP contribution < -0.4 is 5.32 Å². The highest BCUT2D eigenvalue weighted by Gasteiger charge is 2.14. The first-order valence-electron chi connectivity index (χ1n) is 4.64. The molecule has 1 aliphatic rings. The fraction of sp³-hybridized carbons (Fsp3) is 0.667. The second-order valence-electron chi connectivity index (χ2n) is 3.25. The molecule has 1 unspecified atom stereocenters. The molecule has 1 N–H and O–H groups in total. The van der Waals surface area contributed by atoms with Crippen molar-refractivity contribution in [3.8, 4) is 0 Å². The van der Waals surface area contributed by atoms with E-state index in [1.54, 1.807) is 11.3 Å². The van der Waals surface area contributed by atoms with Gasteiger partial charge in [0.25, 0.3) is 0 Å². The van der Waals surface area contributed by atoms with E-state index in [2.05, 4.69) is 27.4 Å². The molecule has 0 saturated carbocycles. The molecule has 1 aromatic heterocycles. The Balaban J connectivity index is 1.63. The highest BCUT2D eigenvalue weighted by Crippen LogP contribution is 2.25. The van der Waals surface area contributed by atoms with Gasteiger partial charge in [-0.25, -0.2) is 4.98 Å². The van der Waals surface area contributed by atoms with Crippen molar-refractivity contribution >= 4 is 23.1 Å². The summed E-state index contributed by atoms with van der Waals surface area (Å²) in [5.74, 6) is 1.35. The average Bonchev–Trinajstić information content (AvgIpc) is 2.75. The van der Waals surface area contributed by atoms with Gasteiger partial charge in [-0.15, -0.1) is 11.3 Å². The molecule has 1 atom stereocenters. The lowest BCUT2D eigenvalue weighted by Crippen LogP contribution is -2.22. The molecule has 2 rings (SSSR count). The molecule has 1 saturated heterocycles. The molecule has 0 aliphatic carbocycles. The molecule has 1 fully saturated rings. The predicted octanol–water partition coefficient (Wildman–Crippen LogP) is 2.13. The SMILES string of the molecule is c1nc(CNCC2CCCS2)cs1. The summed E-state index contributed by atoms with van der Waals surface area (Å²) in [5.41, 5.74) is 3.06. The van der Waals surface area contributed by atoms with Gasteiger partial charge >= 0.3 is 0 Å². The lowest BCUT2D eigenvalue weighted by molar-refractivity contribution is 0.639. The smallest absolute Gasteiger partial charge is 0.0795 e. The van der Waals surface area contributed by atoms with E-state index in [4.69, 9.17) is 0 Å². The monoisotopic (exact) mass is 214 g/mol. The van der Waals surface area contributed by atoms with E-state index in [9.17, 15) is 0 Å². The van der Waals surface area contributed by atoms with E-state index < -0.39 is 0 Å². The summed E-state index contributed by atoms with van der Waals surface area (Å²) in [7, 11) is 0. The number of thioether (sulfide) groups is 1. The molecule has 0 bridgehead atoms. The van der Waals surface area contributed by atoms with Gasteiger partial charge in [-0.2, -0.15) is 11.8 Å². The van der Waals surface area contributed by atoms with E-state index in [-0.39, 0.29) is 0 Å². The van der Waals surface area contributed by atoms with Crippen LogP contribution in [0.15, 0.2) is 10.9 Å². The van der Waals surface area contributed by atoms with E-state index >= 15 is 0 Å². The second kappa shape index (κ2) is 4.98. The van der Waals surface area contributed by atoms with Crippen LogP contribution in [0.5, 0.6) is 0 Å². The first kappa shape index (κ1) is 9.49. The fourth-order valence-corrected chi connectivity index (χ4v) is 3.29. The molecule has 1 aromatic rings. The summed E-state index contributed by atoms with van der Waals surface area (Å²) >= 11 is 3.77. The van der Waals surface area contributed by atoms with Crippen molar-refractivity contribution in [1.29, 1.82) is 0 Å². The lowest BCUT2D eigenvalue weighted by atomic mass is 10.2. The topological polar surface area (TPSA) is 24.9 Å². The van der Waals surface area contributed by atoms with Crippen LogP contribution in [0.1, 0.15) is 18.5 Å². The highest BCUT2D eigenvalue weighted by atomic mass is 32.2. The van der Waals surface area contributed by atoms with Crippen LogP contribution in [-0.2, 0) is 6.54 Å². The summed E-state index contributed by atoms with van der Waals surface area (Å²) < 4.78 is 0. The maximum absolute atomic E-state index is 4.23. The fourth-order valence-electron chi connectivity index (χ4n) is 1.49. The number of rotatable bonds is 4. The minimum atomic E-state index is 0.846. The Morgan fingerprint density at radius 1 is 1.62 bits per heavy atom. The Labute approximate surface area is 87.1 Å². The van der Waals surface area contributed by atoms with Crippen LogP contribution in [0, 0.1) is 0 Å². The molecule has 2 nitrogen and oxygen atoms in total. The third kappa shape index (κ3) is 2.97. The van der Waals surface area contributed by atoms with Gasteiger partial charge in [-0.05, 0) is 18.6 Å². The molecule has 72 valence electrons. The molecule has 0 aromatic carbocycles. The van der Waals surface area contributed by atoms with Gasteiger partial charge in [0, 0.05) is 23.7 Å². The van der Waals surface area contributed by atoms with E-state index in [1.165, 1.54) is 24.3 Å². The minimum Gasteiger partial charge on any atom is -0.310 e. The van der Waals surface area contributed by atoms with Gasteiger partial charge < -0.3 is 5.32 Å². The molecular formula is C9H14N2S2. The number of thiazole rings is 1. The summed E-state index contributed by atoms with van der Waals surface area (Å²) in [6.45, 7) is 2.07. The Kier molecular flexibility index (Phi) is 3.64. The Bertz CT molecular complexity index is 230. The number of nitrogens with zero attached hydrogens (tertiary/aromatic N) is 1. The molecular weight excluding hydrogens is 200 g/mol. The van der Waals surface area contributed by atoms with Gasteiger partial charge in [0.1, 0.15) is 0 Å². The summed E-state index contributed by atoms with van der Waals surface area (Å²) in [6.07, 6.45) is 2.78. The zero-order valence-electron chi connectivity index (χ0n) is 7.53. The van der Waals surface area contributed by atoms with Crippen molar-refractivity contribution in [3.05, 3.63) is 16.6 Å². The highest BCUT2D eigenvalue weighted by molar-refractivity contribution is 8.00. The number of hydrogen-bond acceptors (Lipinski definition) is 4. The average molecular weight is 214 g/mol. The molecule has 0 spiro atoms. The number of hydrogen-bond donors (Lipinski definition) is 1. The van der Waals surface area contributed by atoms with Gasteiger partial charge in [0.15, 0.2) is 0 Å². The van der Waals surface area contributed by atoms with Crippen LogP contribution in [0.4, 0.5) is 0 Å². The first-order chi connectivity index (χ1) is 6.45. The molecule has 2 heterocycles. The van der Waals surface area contributed by atoms with Crippen LogP contribution >= 0.6 is 23.1 Å². The van der Waals surface area contributed by atoms with Crippen molar-refractivity contribution in [1.82, 2.24) is 10.3 Å². The van der Waals surface area contributed by atoms with Gasteiger partial charge in [-0.1, -0.05) is 0 Å². The third-order valence-electron chi connectivity index (χ3n) is 2.19. The Morgan fingerprint density at radius 2 is 2.62 bits per heavy atom. The van der Waals surface area contributed by atoms with Crippen LogP contribution in [-0.4, -0.2) is 22.5 Å². The van der Waals surface area contributed by atoms with Gasteiger partial charge in [-0.3, -0.25) is 0 Å². The molecule has 13 heavy (non-hydrogen) atoms. The van der Waals surface area contributed by atoms with Crippen molar-refractivity contribution < 1.29 is 0 Å². The quantitative estimate of drug-likeness (QED) is 0.831. The van der Waals surface area contributed by atoms with Crippen molar-refractivity contribution in [2.24, 2.45) is 0 Å². The summed E-state index contributed by atoms with van der Waals surface area (Å²) in [5, 5.41) is 6.40. The lowest BCUT2D eigenvalue weighted by Gasteiger charge is -2.08. The van der Waals surface area contributed by atoms with E-state index in [0.717, 1.165) is 18.3 Å². The standard InChI is InChI=1S/C9H14N2S2/c1-2-9(13-3-1)5-10-4-8-6-12-7-11-8/h6-7,9-10H,1-5H2. The molecule has 0 amide bonds. The zero-order valence-corrected chi connectivity index (χ0v) is 9.16. The predicted molar refractivity (Wildman–Crippen MR) is 59.3 cm³/mol. The minimum absolute atomic E-state index is 0.846. The third-order valence-corrected chi connectivity index (χ3v) is 4.22. The second-order valence-corrected chi connectivity index (χ2v) is 5.37. The van der Waals surface area contributed by atoms with Crippen LogP contribution in [0.2, 0.25) is 0 Å². The van der Waals surface area contributed by atoms with Crippen LogP contribution in [0.3, 0.4) is 0 Å². The van der Waals surface area contributed by atoms with Gasteiger partial charge in [0.05, 0.1) is 11.2 Å². The molecule has 0 radical (unpaired) electrons. The van der Waals surface area contributed by atoms with Crippen molar-refractivity contribution in [3.63, 3.8) is 0 Å². The normalized spacial score (nSPS) is 22.3. The number of nitrogens with one attached hydrogen (secondary N) is 1. The van der Waals surface area contributed by atoms with E-state index in [0.29, 0.717) is 0 Å². The van der Waals surface area contributed by atoms with E-state index in [1.807, 2.05) is 5.51 Å². The largest absolute Gasteiger partial charge is 0.310 e. The summed E-state index contributed by atoms with van der Waals surface area (Å²) in [4.78, 5) is 4.23. The zero-order chi connectivity index (χ0) is 8.93. The Morgan fingerprint density at radius 3 is 3.31 bits per heavy atom. The van der Waals surface area contributed by atoms with Crippen LogP contribution in [0.25, 0.3) is 0 Å². The van der Waals surface area contributed by atoms with Gasteiger partial charge in [0.2, 0.25) is 0 Å². The molecule has 4 heteroatoms.